The third-order valence-corrected chi connectivity index (χ3v) is 7.24. The first kappa shape index (κ1) is 22.0. The van der Waals surface area contributed by atoms with Crippen LogP contribution >= 0.6 is 11.8 Å². The van der Waals surface area contributed by atoms with Gasteiger partial charge < -0.3 is 10.1 Å². The van der Waals surface area contributed by atoms with Crippen molar-refractivity contribution in [3.8, 4) is 5.75 Å². The lowest BCUT2D eigenvalue weighted by atomic mass is 10.0. The molecule has 27 heavy (non-hydrogen) atoms. The molecule has 6 nitrogen and oxygen atoms in total. The number of thioether (sulfide) groups is 1. The fraction of sp³-hybridized carbons (Fsp3) is 0.632. The second kappa shape index (κ2) is 10.9. The maximum absolute atomic E-state index is 11.9. The van der Waals surface area contributed by atoms with Crippen molar-refractivity contribution in [2.75, 3.05) is 32.2 Å². The molecule has 0 aliphatic heterocycles. The van der Waals surface area contributed by atoms with E-state index in [9.17, 15) is 13.2 Å². The van der Waals surface area contributed by atoms with Gasteiger partial charge in [0.2, 0.25) is 10.0 Å². The van der Waals surface area contributed by atoms with Gasteiger partial charge in [-0.1, -0.05) is 31.4 Å². The molecule has 8 heteroatoms. The zero-order valence-electron chi connectivity index (χ0n) is 16.1. The molecule has 1 amide bonds. The molecule has 1 aliphatic carbocycles. The summed E-state index contributed by atoms with van der Waals surface area (Å²) in [7, 11) is -1.67. The van der Waals surface area contributed by atoms with E-state index in [-0.39, 0.29) is 12.5 Å². The van der Waals surface area contributed by atoms with Crippen molar-refractivity contribution in [1.82, 2.24) is 9.62 Å². The zero-order valence-corrected chi connectivity index (χ0v) is 17.8. The topological polar surface area (TPSA) is 75.7 Å². The molecular formula is C19H30N2O4S2. The molecule has 0 spiro atoms. The van der Waals surface area contributed by atoms with Crippen LogP contribution < -0.4 is 10.1 Å². The zero-order chi connectivity index (χ0) is 19.7. The Kier molecular flexibility index (Phi) is 8.92. The van der Waals surface area contributed by atoms with E-state index >= 15 is 0 Å². The van der Waals surface area contributed by atoms with Crippen LogP contribution in [0.15, 0.2) is 24.3 Å². The molecule has 1 aromatic carbocycles. The first-order chi connectivity index (χ1) is 12.8. The third-order valence-electron chi connectivity index (χ3n) is 4.59. The minimum atomic E-state index is -3.20. The summed E-state index contributed by atoms with van der Waals surface area (Å²) in [4.78, 5) is 11.9. The van der Waals surface area contributed by atoms with Crippen LogP contribution in [-0.2, 0) is 21.4 Å². The standard InChI is InChI=1S/C19H30N2O4S2/c1-21(27(2,23)24)14-16-8-10-17(11-9-16)25-15-19(22)20-12-13-26-18-6-4-3-5-7-18/h8-11,18H,3-7,12-15H2,1-2H3,(H,20,22). The Morgan fingerprint density at radius 3 is 2.52 bits per heavy atom. The number of amides is 1. The van der Waals surface area contributed by atoms with Gasteiger partial charge in [0.25, 0.3) is 5.91 Å². The predicted molar refractivity (Wildman–Crippen MR) is 111 cm³/mol. The number of carbonyl (C=O) groups is 1. The van der Waals surface area contributed by atoms with Crippen molar-refractivity contribution in [2.24, 2.45) is 0 Å². The van der Waals surface area contributed by atoms with Gasteiger partial charge in [0.05, 0.1) is 6.26 Å². The summed E-state index contributed by atoms with van der Waals surface area (Å²) in [6.07, 6.45) is 7.81. The molecule has 0 atom stereocenters. The number of nitrogens with zero attached hydrogens (tertiary/aromatic N) is 1. The molecule has 0 bridgehead atoms. The Morgan fingerprint density at radius 1 is 1.22 bits per heavy atom. The maximum atomic E-state index is 11.9. The van der Waals surface area contributed by atoms with Gasteiger partial charge in [-0.15, -0.1) is 0 Å². The van der Waals surface area contributed by atoms with Crippen molar-refractivity contribution >= 4 is 27.7 Å². The smallest absolute Gasteiger partial charge is 0.257 e. The summed E-state index contributed by atoms with van der Waals surface area (Å²) in [5, 5.41) is 3.65. The fourth-order valence-electron chi connectivity index (χ4n) is 2.91. The third kappa shape index (κ3) is 8.53. The number of rotatable bonds is 10. The number of sulfonamides is 1. The van der Waals surface area contributed by atoms with Crippen LogP contribution in [0.5, 0.6) is 5.75 Å². The fourth-order valence-corrected chi connectivity index (χ4v) is 4.52. The first-order valence-electron chi connectivity index (χ1n) is 9.36. The number of hydrogen-bond donors (Lipinski definition) is 1. The molecule has 0 saturated heterocycles. The summed E-state index contributed by atoms with van der Waals surface area (Å²) in [5.74, 6) is 1.41. The lowest BCUT2D eigenvalue weighted by Crippen LogP contribution is -2.31. The molecule has 1 aromatic rings. The number of benzene rings is 1. The van der Waals surface area contributed by atoms with Crippen LogP contribution in [0.25, 0.3) is 0 Å². The average molecular weight is 415 g/mol. The SMILES string of the molecule is CN(Cc1ccc(OCC(=O)NCCSC2CCCCC2)cc1)S(C)(=O)=O. The Hall–Kier alpha value is -1.25. The predicted octanol–water partition coefficient (Wildman–Crippen LogP) is 2.64. The van der Waals surface area contributed by atoms with Gasteiger partial charge in [0.15, 0.2) is 6.61 Å². The van der Waals surface area contributed by atoms with Crippen molar-refractivity contribution < 1.29 is 17.9 Å². The highest BCUT2D eigenvalue weighted by atomic mass is 32.2. The molecule has 1 N–H and O–H groups in total. The second-order valence-electron chi connectivity index (χ2n) is 6.93. The van der Waals surface area contributed by atoms with E-state index in [1.807, 2.05) is 11.8 Å². The molecule has 0 aromatic heterocycles. The Morgan fingerprint density at radius 2 is 1.89 bits per heavy atom. The van der Waals surface area contributed by atoms with Crippen LogP contribution in [0.3, 0.4) is 0 Å². The molecule has 2 rings (SSSR count). The lowest BCUT2D eigenvalue weighted by Gasteiger charge is -2.20. The van der Waals surface area contributed by atoms with E-state index in [2.05, 4.69) is 5.32 Å². The molecule has 1 fully saturated rings. The van der Waals surface area contributed by atoms with E-state index in [4.69, 9.17) is 4.74 Å². The van der Waals surface area contributed by atoms with Crippen LogP contribution in [0.4, 0.5) is 0 Å². The van der Waals surface area contributed by atoms with E-state index in [0.29, 0.717) is 18.8 Å². The molecule has 0 radical (unpaired) electrons. The highest BCUT2D eigenvalue weighted by Gasteiger charge is 2.13. The van der Waals surface area contributed by atoms with Crippen LogP contribution in [0.2, 0.25) is 0 Å². The van der Waals surface area contributed by atoms with Gasteiger partial charge >= 0.3 is 0 Å². The Bertz CT molecular complexity index is 686. The van der Waals surface area contributed by atoms with Crippen LogP contribution in [-0.4, -0.2) is 56.1 Å². The van der Waals surface area contributed by atoms with Gasteiger partial charge in [-0.05, 0) is 30.5 Å². The Balaban J connectivity index is 1.63. The summed E-state index contributed by atoms with van der Waals surface area (Å²) >= 11 is 1.96. The summed E-state index contributed by atoms with van der Waals surface area (Å²) < 4.78 is 29.6. The van der Waals surface area contributed by atoms with E-state index in [1.165, 1.54) is 49.7 Å². The molecule has 0 unspecified atom stereocenters. The van der Waals surface area contributed by atoms with Gasteiger partial charge in [-0.3, -0.25) is 4.79 Å². The average Bonchev–Trinajstić information content (AvgIpc) is 2.65. The minimum Gasteiger partial charge on any atom is -0.484 e. The summed E-state index contributed by atoms with van der Waals surface area (Å²) in [6, 6.07) is 7.10. The number of ether oxygens (including phenoxy) is 1. The van der Waals surface area contributed by atoms with E-state index in [0.717, 1.165) is 16.6 Å². The second-order valence-corrected chi connectivity index (χ2v) is 10.4. The van der Waals surface area contributed by atoms with E-state index in [1.54, 1.807) is 24.3 Å². The Labute approximate surface area is 167 Å². The van der Waals surface area contributed by atoms with E-state index < -0.39 is 10.0 Å². The number of hydrogen-bond acceptors (Lipinski definition) is 5. The molecule has 0 heterocycles. The maximum Gasteiger partial charge on any atom is 0.257 e. The van der Waals surface area contributed by atoms with Gasteiger partial charge in [0.1, 0.15) is 5.75 Å². The molecule has 1 saturated carbocycles. The van der Waals surface area contributed by atoms with Crippen molar-refractivity contribution in [3.05, 3.63) is 29.8 Å². The van der Waals surface area contributed by atoms with Crippen LogP contribution in [0, 0.1) is 0 Å². The van der Waals surface area contributed by atoms with Crippen molar-refractivity contribution in [1.29, 1.82) is 0 Å². The number of carbonyl (C=O) groups excluding carboxylic acids is 1. The first-order valence-corrected chi connectivity index (χ1v) is 12.3. The molecular weight excluding hydrogens is 384 g/mol. The minimum absolute atomic E-state index is 0.0172. The van der Waals surface area contributed by atoms with Gasteiger partial charge in [-0.2, -0.15) is 11.8 Å². The highest BCUT2D eigenvalue weighted by Crippen LogP contribution is 2.27. The quantitative estimate of drug-likeness (QED) is 0.596. The lowest BCUT2D eigenvalue weighted by molar-refractivity contribution is -0.122. The largest absolute Gasteiger partial charge is 0.484 e. The number of nitrogens with one attached hydrogen (secondary N) is 1. The van der Waals surface area contributed by atoms with Gasteiger partial charge in [0, 0.05) is 31.1 Å². The van der Waals surface area contributed by atoms with Crippen molar-refractivity contribution in [2.45, 2.75) is 43.9 Å². The monoisotopic (exact) mass is 414 g/mol. The summed E-state index contributed by atoms with van der Waals surface area (Å²) in [5.41, 5.74) is 0.861. The molecule has 1 aliphatic rings. The normalized spacial score (nSPS) is 15.7. The highest BCUT2D eigenvalue weighted by molar-refractivity contribution is 7.99. The van der Waals surface area contributed by atoms with Gasteiger partial charge in [-0.25, -0.2) is 12.7 Å². The van der Waals surface area contributed by atoms with Crippen LogP contribution in [0.1, 0.15) is 37.7 Å². The summed E-state index contributed by atoms with van der Waals surface area (Å²) in [6.45, 7) is 0.953. The van der Waals surface area contributed by atoms with Crippen molar-refractivity contribution in [3.63, 3.8) is 0 Å². The molecule has 152 valence electrons.